The van der Waals surface area contributed by atoms with Crippen molar-refractivity contribution in [2.45, 2.75) is 52.6 Å². The van der Waals surface area contributed by atoms with Crippen molar-refractivity contribution in [3.05, 3.63) is 16.6 Å². The van der Waals surface area contributed by atoms with Crippen LogP contribution in [-0.4, -0.2) is 34.9 Å². The Labute approximate surface area is 125 Å². The topological polar surface area (TPSA) is 45.2 Å². The smallest absolute Gasteiger partial charge is 0.227 e. The number of amides is 1. The second-order valence-corrected chi connectivity index (χ2v) is 7.53. The molecule has 4 nitrogen and oxygen atoms in total. The monoisotopic (exact) mass is 295 g/mol. The van der Waals surface area contributed by atoms with E-state index in [1.807, 2.05) is 37.4 Å². The molecule has 1 saturated heterocycles. The minimum atomic E-state index is -0.268. The first-order valence-corrected chi connectivity index (χ1v) is 8.19. The highest BCUT2D eigenvalue weighted by atomic mass is 32.1. The van der Waals surface area contributed by atoms with Gasteiger partial charge in [-0.05, 0) is 19.8 Å². The molecule has 1 N–H and O–H groups in total. The lowest BCUT2D eigenvalue weighted by molar-refractivity contribution is -0.140. The van der Waals surface area contributed by atoms with E-state index in [1.54, 1.807) is 11.3 Å². The Morgan fingerprint density at radius 1 is 1.45 bits per heavy atom. The quantitative estimate of drug-likeness (QED) is 0.932. The number of hydrogen-bond donors (Lipinski definition) is 1. The lowest BCUT2D eigenvalue weighted by Crippen LogP contribution is -2.48. The highest BCUT2D eigenvalue weighted by Crippen LogP contribution is 2.23. The molecule has 0 aliphatic carbocycles. The molecule has 1 unspecified atom stereocenters. The van der Waals surface area contributed by atoms with Crippen LogP contribution in [0, 0.1) is 5.41 Å². The summed E-state index contributed by atoms with van der Waals surface area (Å²) in [4.78, 5) is 19.6. The van der Waals surface area contributed by atoms with Gasteiger partial charge in [0.05, 0.1) is 5.51 Å². The SMILES string of the molecule is CC(NC1CCN(C(=O)C(C)(C)C)CC1)c1cncs1. The van der Waals surface area contributed by atoms with Crippen LogP contribution in [-0.2, 0) is 4.79 Å². The molecule has 5 heteroatoms. The van der Waals surface area contributed by atoms with Gasteiger partial charge in [0.2, 0.25) is 5.91 Å². The first-order chi connectivity index (χ1) is 9.38. The number of nitrogens with zero attached hydrogens (tertiary/aromatic N) is 2. The molecule has 0 saturated carbocycles. The van der Waals surface area contributed by atoms with Crippen molar-refractivity contribution in [3.8, 4) is 0 Å². The zero-order valence-electron chi connectivity index (χ0n) is 12.8. The average molecular weight is 295 g/mol. The van der Waals surface area contributed by atoms with Gasteiger partial charge in [-0.2, -0.15) is 0 Å². The third-order valence-corrected chi connectivity index (χ3v) is 4.75. The van der Waals surface area contributed by atoms with E-state index < -0.39 is 0 Å². The second kappa shape index (κ2) is 6.22. The summed E-state index contributed by atoms with van der Waals surface area (Å²) in [5.74, 6) is 0.270. The molecule has 1 amide bonds. The van der Waals surface area contributed by atoms with E-state index in [0.29, 0.717) is 12.1 Å². The van der Waals surface area contributed by atoms with E-state index in [2.05, 4.69) is 17.2 Å². The molecule has 2 heterocycles. The van der Waals surface area contributed by atoms with E-state index in [0.717, 1.165) is 25.9 Å². The lowest BCUT2D eigenvalue weighted by atomic mass is 9.93. The standard InChI is InChI=1S/C15H25N3OS/c1-11(13-9-16-10-20-13)17-12-5-7-18(8-6-12)14(19)15(2,3)4/h9-12,17H,5-8H2,1-4H3. The summed E-state index contributed by atoms with van der Waals surface area (Å²) < 4.78 is 0. The maximum absolute atomic E-state index is 12.2. The van der Waals surface area contributed by atoms with Crippen molar-refractivity contribution >= 4 is 17.2 Å². The third-order valence-electron chi connectivity index (χ3n) is 3.79. The highest BCUT2D eigenvalue weighted by molar-refractivity contribution is 7.09. The summed E-state index contributed by atoms with van der Waals surface area (Å²) in [5, 5.41) is 3.65. The Morgan fingerprint density at radius 3 is 2.60 bits per heavy atom. The summed E-state index contributed by atoms with van der Waals surface area (Å²) in [6.07, 6.45) is 4.00. The zero-order chi connectivity index (χ0) is 14.8. The van der Waals surface area contributed by atoms with Crippen LogP contribution in [0.4, 0.5) is 0 Å². The van der Waals surface area contributed by atoms with E-state index in [4.69, 9.17) is 0 Å². The summed E-state index contributed by atoms with van der Waals surface area (Å²) >= 11 is 1.69. The molecule has 1 aliphatic rings. The van der Waals surface area contributed by atoms with Crippen LogP contribution in [0.3, 0.4) is 0 Å². The number of nitrogens with one attached hydrogen (secondary N) is 1. The van der Waals surface area contributed by atoms with Gasteiger partial charge in [-0.25, -0.2) is 0 Å². The molecule has 112 valence electrons. The van der Waals surface area contributed by atoms with Crippen molar-refractivity contribution in [2.24, 2.45) is 5.41 Å². The average Bonchev–Trinajstić information content (AvgIpc) is 2.91. The van der Waals surface area contributed by atoms with Gasteiger partial charge in [0, 0.05) is 41.7 Å². The summed E-state index contributed by atoms with van der Waals surface area (Å²) in [7, 11) is 0. The molecule has 2 rings (SSSR count). The molecule has 0 spiro atoms. The van der Waals surface area contributed by atoms with Crippen molar-refractivity contribution in [1.82, 2.24) is 15.2 Å². The van der Waals surface area contributed by atoms with Gasteiger partial charge in [0.25, 0.3) is 0 Å². The first-order valence-electron chi connectivity index (χ1n) is 7.31. The molecule has 1 fully saturated rings. The van der Waals surface area contributed by atoms with Crippen LogP contribution in [0.25, 0.3) is 0 Å². The van der Waals surface area contributed by atoms with Crippen molar-refractivity contribution in [3.63, 3.8) is 0 Å². The van der Waals surface area contributed by atoms with Crippen LogP contribution in [0.2, 0.25) is 0 Å². The molecule has 0 radical (unpaired) electrons. The Balaban J connectivity index is 1.81. The molecular formula is C15H25N3OS. The molecule has 1 atom stereocenters. The molecule has 20 heavy (non-hydrogen) atoms. The fourth-order valence-electron chi connectivity index (χ4n) is 2.60. The minimum absolute atomic E-state index is 0.268. The number of rotatable bonds is 3. The maximum Gasteiger partial charge on any atom is 0.227 e. The fraction of sp³-hybridized carbons (Fsp3) is 0.733. The predicted molar refractivity (Wildman–Crippen MR) is 82.7 cm³/mol. The third kappa shape index (κ3) is 3.79. The normalized spacial score (nSPS) is 19.1. The van der Waals surface area contributed by atoms with Crippen molar-refractivity contribution < 1.29 is 4.79 Å². The van der Waals surface area contributed by atoms with Gasteiger partial charge in [0.1, 0.15) is 0 Å². The maximum atomic E-state index is 12.2. The van der Waals surface area contributed by atoms with E-state index >= 15 is 0 Å². The summed E-state index contributed by atoms with van der Waals surface area (Å²) in [6, 6.07) is 0.841. The van der Waals surface area contributed by atoms with Crippen LogP contribution in [0.5, 0.6) is 0 Å². The van der Waals surface area contributed by atoms with Gasteiger partial charge in [0.15, 0.2) is 0 Å². The Bertz CT molecular complexity index is 430. The summed E-state index contributed by atoms with van der Waals surface area (Å²) in [6.45, 7) is 9.88. The van der Waals surface area contributed by atoms with Crippen molar-refractivity contribution in [2.75, 3.05) is 13.1 Å². The van der Waals surface area contributed by atoms with E-state index in [9.17, 15) is 4.79 Å². The van der Waals surface area contributed by atoms with Gasteiger partial charge >= 0.3 is 0 Å². The molecule has 1 aromatic heterocycles. The molecule has 0 aromatic carbocycles. The highest BCUT2D eigenvalue weighted by Gasteiger charge is 2.30. The predicted octanol–water partition coefficient (Wildman–Crippen LogP) is 2.83. The van der Waals surface area contributed by atoms with Crippen LogP contribution >= 0.6 is 11.3 Å². The Hall–Kier alpha value is -0.940. The number of hydrogen-bond acceptors (Lipinski definition) is 4. The van der Waals surface area contributed by atoms with E-state index in [-0.39, 0.29) is 11.3 Å². The number of carbonyl (C=O) groups excluding carboxylic acids is 1. The number of carbonyl (C=O) groups is 1. The second-order valence-electron chi connectivity index (χ2n) is 6.61. The van der Waals surface area contributed by atoms with Gasteiger partial charge in [-0.15, -0.1) is 11.3 Å². The number of thiazole rings is 1. The zero-order valence-corrected chi connectivity index (χ0v) is 13.7. The number of aromatic nitrogens is 1. The molecule has 1 aromatic rings. The molecule has 1 aliphatic heterocycles. The van der Waals surface area contributed by atoms with Gasteiger partial charge < -0.3 is 10.2 Å². The van der Waals surface area contributed by atoms with Crippen molar-refractivity contribution in [1.29, 1.82) is 0 Å². The molecule has 0 bridgehead atoms. The Kier molecular flexibility index (Phi) is 4.81. The lowest BCUT2D eigenvalue weighted by Gasteiger charge is -2.36. The number of likely N-dealkylation sites (tertiary alicyclic amines) is 1. The fourth-order valence-corrected chi connectivity index (χ4v) is 3.24. The van der Waals surface area contributed by atoms with Crippen LogP contribution < -0.4 is 5.32 Å². The van der Waals surface area contributed by atoms with E-state index in [1.165, 1.54) is 4.88 Å². The van der Waals surface area contributed by atoms with Gasteiger partial charge in [-0.1, -0.05) is 20.8 Å². The van der Waals surface area contributed by atoms with Crippen LogP contribution in [0.1, 0.15) is 51.5 Å². The van der Waals surface area contributed by atoms with Crippen LogP contribution in [0.15, 0.2) is 11.7 Å². The number of piperidine rings is 1. The largest absolute Gasteiger partial charge is 0.342 e. The Morgan fingerprint density at radius 2 is 2.10 bits per heavy atom. The summed E-state index contributed by atoms with van der Waals surface area (Å²) in [5.41, 5.74) is 1.61. The van der Waals surface area contributed by atoms with Gasteiger partial charge in [-0.3, -0.25) is 9.78 Å². The first kappa shape index (κ1) is 15.4. The molecular weight excluding hydrogens is 270 g/mol. The minimum Gasteiger partial charge on any atom is -0.342 e.